The van der Waals surface area contributed by atoms with Crippen molar-refractivity contribution in [1.29, 1.82) is 0 Å². The molecule has 0 saturated carbocycles. The van der Waals surface area contributed by atoms with Crippen molar-refractivity contribution in [3.8, 4) is 0 Å². The highest BCUT2D eigenvalue weighted by atomic mass is 19.1. The number of rotatable bonds is 5. The van der Waals surface area contributed by atoms with Gasteiger partial charge in [-0.25, -0.2) is 4.39 Å². The summed E-state index contributed by atoms with van der Waals surface area (Å²) in [6, 6.07) is 15.6. The third kappa shape index (κ3) is 3.79. The van der Waals surface area contributed by atoms with E-state index in [4.69, 9.17) is 0 Å². The molecule has 2 aromatic carbocycles. The lowest BCUT2D eigenvalue weighted by atomic mass is 10.1. The zero-order chi connectivity index (χ0) is 16.9. The van der Waals surface area contributed by atoms with E-state index in [1.54, 1.807) is 23.1 Å². The van der Waals surface area contributed by atoms with E-state index in [1.807, 2.05) is 30.3 Å². The molecule has 0 bridgehead atoms. The lowest BCUT2D eigenvalue weighted by Crippen LogP contribution is -2.37. The van der Waals surface area contributed by atoms with Crippen molar-refractivity contribution in [1.82, 2.24) is 5.32 Å². The second-order valence-electron chi connectivity index (χ2n) is 5.90. The second kappa shape index (κ2) is 7.25. The summed E-state index contributed by atoms with van der Waals surface area (Å²) in [5.41, 5.74) is 1.37. The molecule has 0 aliphatic carbocycles. The van der Waals surface area contributed by atoms with Crippen LogP contribution in [0.5, 0.6) is 0 Å². The number of carbonyl (C=O) groups is 2. The minimum Gasteiger partial charge on any atom is -0.351 e. The van der Waals surface area contributed by atoms with Crippen molar-refractivity contribution >= 4 is 17.5 Å². The molecule has 1 N–H and O–H groups in total. The Balaban J connectivity index is 1.52. The molecule has 124 valence electrons. The number of nitrogens with zero attached hydrogens (tertiary/aromatic N) is 1. The first kappa shape index (κ1) is 16.2. The first-order chi connectivity index (χ1) is 11.6. The summed E-state index contributed by atoms with van der Waals surface area (Å²) < 4.78 is 13.6. The van der Waals surface area contributed by atoms with Crippen LogP contribution in [0.2, 0.25) is 0 Å². The zero-order valence-corrected chi connectivity index (χ0v) is 13.2. The molecule has 1 aliphatic heterocycles. The van der Waals surface area contributed by atoms with Gasteiger partial charge in [0.1, 0.15) is 5.82 Å². The fraction of sp³-hybridized carbons (Fsp3) is 0.263. The van der Waals surface area contributed by atoms with Gasteiger partial charge in [-0.2, -0.15) is 0 Å². The molecule has 3 rings (SSSR count). The molecule has 24 heavy (non-hydrogen) atoms. The number of halogens is 1. The number of anilines is 1. The van der Waals surface area contributed by atoms with Crippen molar-refractivity contribution in [3.63, 3.8) is 0 Å². The molecular formula is C19H19FN2O2. The van der Waals surface area contributed by atoms with Gasteiger partial charge >= 0.3 is 0 Å². The summed E-state index contributed by atoms with van der Waals surface area (Å²) in [4.78, 5) is 25.9. The molecular weight excluding hydrogens is 307 g/mol. The number of aryl methyl sites for hydroxylation is 1. The molecule has 5 heteroatoms. The lowest BCUT2D eigenvalue weighted by molar-refractivity contribution is -0.121. The van der Waals surface area contributed by atoms with Crippen LogP contribution >= 0.6 is 0 Å². The third-order valence-corrected chi connectivity index (χ3v) is 4.14. The van der Waals surface area contributed by atoms with Crippen LogP contribution in [0.4, 0.5) is 10.1 Å². The summed E-state index contributed by atoms with van der Waals surface area (Å²) in [6.07, 6.45) is 0.846. The van der Waals surface area contributed by atoms with Crippen molar-refractivity contribution in [2.75, 3.05) is 11.4 Å². The summed E-state index contributed by atoms with van der Waals surface area (Å²) in [6.45, 7) is 0.467. The van der Waals surface area contributed by atoms with E-state index in [2.05, 4.69) is 5.32 Å². The largest absolute Gasteiger partial charge is 0.351 e. The van der Waals surface area contributed by atoms with E-state index >= 15 is 0 Å². The minimum absolute atomic E-state index is 0.000559. The number of hydrogen-bond donors (Lipinski definition) is 1. The lowest BCUT2D eigenvalue weighted by Gasteiger charge is -2.17. The molecule has 1 aliphatic rings. The minimum atomic E-state index is -0.295. The highest BCUT2D eigenvalue weighted by Crippen LogP contribution is 2.21. The maximum atomic E-state index is 13.6. The van der Waals surface area contributed by atoms with E-state index < -0.39 is 0 Å². The van der Waals surface area contributed by atoms with Gasteiger partial charge in [0, 0.05) is 25.1 Å². The quantitative estimate of drug-likeness (QED) is 0.918. The molecule has 2 aromatic rings. The Bertz CT molecular complexity index is 733. The molecule has 0 spiro atoms. The summed E-state index contributed by atoms with van der Waals surface area (Å²) in [5, 5.41) is 2.87. The van der Waals surface area contributed by atoms with E-state index in [1.165, 1.54) is 6.07 Å². The Hall–Kier alpha value is -2.69. The smallest absolute Gasteiger partial charge is 0.229 e. The van der Waals surface area contributed by atoms with Gasteiger partial charge in [-0.05, 0) is 30.2 Å². The van der Waals surface area contributed by atoms with Crippen LogP contribution in [0.15, 0.2) is 54.6 Å². The molecule has 1 fully saturated rings. The molecule has 0 aromatic heterocycles. The van der Waals surface area contributed by atoms with E-state index in [-0.39, 0.29) is 30.1 Å². The van der Waals surface area contributed by atoms with Crippen LogP contribution in [0.3, 0.4) is 0 Å². The van der Waals surface area contributed by atoms with Crippen LogP contribution < -0.4 is 10.2 Å². The number of hydrogen-bond acceptors (Lipinski definition) is 2. The number of amides is 2. The molecule has 1 saturated heterocycles. The summed E-state index contributed by atoms with van der Waals surface area (Å²) in [7, 11) is 0. The Morgan fingerprint density at radius 3 is 2.58 bits per heavy atom. The molecule has 1 unspecified atom stereocenters. The fourth-order valence-electron chi connectivity index (χ4n) is 2.91. The predicted molar refractivity (Wildman–Crippen MR) is 90.1 cm³/mol. The highest BCUT2D eigenvalue weighted by molar-refractivity contribution is 5.96. The highest BCUT2D eigenvalue weighted by Gasteiger charge is 2.31. The SMILES string of the molecule is O=C(CCc1ccccc1F)NC1CC(=O)N(c2ccccc2)C1. The van der Waals surface area contributed by atoms with Crippen LogP contribution in [0, 0.1) is 5.82 Å². The number of carbonyl (C=O) groups excluding carboxylic acids is 2. The summed E-state index contributed by atoms with van der Waals surface area (Å²) in [5.74, 6) is -0.455. The van der Waals surface area contributed by atoms with Crippen LogP contribution in [-0.4, -0.2) is 24.4 Å². The number of nitrogens with one attached hydrogen (secondary N) is 1. The van der Waals surface area contributed by atoms with Gasteiger partial charge in [0.2, 0.25) is 11.8 Å². The van der Waals surface area contributed by atoms with E-state index in [9.17, 15) is 14.0 Å². The normalized spacial score (nSPS) is 17.1. The molecule has 0 radical (unpaired) electrons. The Kier molecular flexibility index (Phi) is 4.89. The van der Waals surface area contributed by atoms with E-state index in [0.29, 0.717) is 24.9 Å². The maximum Gasteiger partial charge on any atom is 0.229 e. The Morgan fingerprint density at radius 2 is 1.83 bits per heavy atom. The second-order valence-corrected chi connectivity index (χ2v) is 5.90. The van der Waals surface area contributed by atoms with Gasteiger partial charge in [0.15, 0.2) is 0 Å². The Morgan fingerprint density at radius 1 is 1.12 bits per heavy atom. The number of benzene rings is 2. The van der Waals surface area contributed by atoms with Gasteiger partial charge < -0.3 is 10.2 Å². The van der Waals surface area contributed by atoms with Gasteiger partial charge in [-0.3, -0.25) is 9.59 Å². The van der Waals surface area contributed by atoms with Crippen LogP contribution in [0.1, 0.15) is 18.4 Å². The van der Waals surface area contributed by atoms with Gasteiger partial charge in [0.25, 0.3) is 0 Å². The average molecular weight is 326 g/mol. The third-order valence-electron chi connectivity index (χ3n) is 4.14. The van der Waals surface area contributed by atoms with Gasteiger partial charge in [-0.1, -0.05) is 36.4 Å². The van der Waals surface area contributed by atoms with E-state index in [0.717, 1.165) is 5.69 Å². The molecule has 1 atom stereocenters. The van der Waals surface area contributed by atoms with Crippen molar-refractivity contribution < 1.29 is 14.0 Å². The Labute approximate surface area is 140 Å². The summed E-state index contributed by atoms with van der Waals surface area (Å²) >= 11 is 0. The molecule has 4 nitrogen and oxygen atoms in total. The average Bonchev–Trinajstić information content (AvgIpc) is 2.95. The van der Waals surface area contributed by atoms with Crippen LogP contribution in [0.25, 0.3) is 0 Å². The van der Waals surface area contributed by atoms with Crippen molar-refractivity contribution in [3.05, 3.63) is 66.0 Å². The van der Waals surface area contributed by atoms with Gasteiger partial charge in [-0.15, -0.1) is 0 Å². The fourth-order valence-corrected chi connectivity index (χ4v) is 2.91. The first-order valence-corrected chi connectivity index (χ1v) is 8.01. The number of para-hydroxylation sites is 1. The monoisotopic (exact) mass is 326 g/mol. The molecule has 2 amide bonds. The zero-order valence-electron chi connectivity index (χ0n) is 13.2. The van der Waals surface area contributed by atoms with Crippen LogP contribution in [-0.2, 0) is 16.0 Å². The van der Waals surface area contributed by atoms with Crippen molar-refractivity contribution in [2.45, 2.75) is 25.3 Å². The standard InChI is InChI=1S/C19H19FN2O2/c20-17-9-5-4-6-14(17)10-11-18(23)21-15-12-19(24)22(13-15)16-7-2-1-3-8-16/h1-9,15H,10-13H2,(H,21,23). The maximum absolute atomic E-state index is 13.6. The first-order valence-electron chi connectivity index (χ1n) is 8.01. The predicted octanol–water partition coefficient (Wildman–Crippen LogP) is 2.68. The molecule has 1 heterocycles. The topological polar surface area (TPSA) is 49.4 Å². The van der Waals surface area contributed by atoms with Crippen molar-refractivity contribution in [2.24, 2.45) is 0 Å². The van der Waals surface area contributed by atoms with Gasteiger partial charge in [0.05, 0.1) is 6.04 Å².